The molecule has 136 valence electrons. The van der Waals surface area contributed by atoms with Gasteiger partial charge in [0.25, 0.3) is 5.91 Å². The van der Waals surface area contributed by atoms with E-state index in [1.54, 1.807) is 0 Å². The molecule has 0 radical (unpaired) electrons. The Morgan fingerprint density at radius 1 is 1.07 bits per heavy atom. The molecule has 1 amide bonds. The molecule has 0 atom stereocenters. The van der Waals surface area contributed by atoms with Crippen LogP contribution in [0.2, 0.25) is 0 Å². The topological polar surface area (TPSA) is 78.7 Å². The minimum atomic E-state index is -0.485. The van der Waals surface area contributed by atoms with Crippen LogP contribution in [0.25, 0.3) is 17.3 Å². The second-order valence-corrected chi connectivity index (χ2v) is 8.12. The van der Waals surface area contributed by atoms with Crippen molar-refractivity contribution in [3.63, 3.8) is 0 Å². The highest BCUT2D eigenvalue weighted by Gasteiger charge is 2.14. The quantitative estimate of drug-likeness (QED) is 0.496. The number of aryl methyl sites for hydroxylation is 4. The highest BCUT2D eigenvalue weighted by Crippen LogP contribution is 2.29. The summed E-state index contributed by atoms with van der Waals surface area (Å²) in [5.41, 5.74) is 6.04. The van der Waals surface area contributed by atoms with Crippen LogP contribution in [0, 0.1) is 39.0 Å². The van der Waals surface area contributed by atoms with Gasteiger partial charge in [-0.1, -0.05) is 6.07 Å². The first-order valence-corrected chi connectivity index (χ1v) is 10.0. The first-order valence-electron chi connectivity index (χ1n) is 8.26. The Balaban J connectivity index is 1.81. The Morgan fingerprint density at radius 3 is 2.48 bits per heavy atom. The summed E-state index contributed by atoms with van der Waals surface area (Å²) in [6, 6.07) is 6.17. The van der Waals surface area contributed by atoms with Crippen molar-refractivity contribution in [3.8, 4) is 17.3 Å². The van der Waals surface area contributed by atoms with Crippen LogP contribution in [0.1, 0.15) is 27.4 Å². The monoisotopic (exact) mass is 394 g/mol. The van der Waals surface area contributed by atoms with Gasteiger partial charge in [-0.25, -0.2) is 9.97 Å². The summed E-state index contributed by atoms with van der Waals surface area (Å²) >= 11 is 2.81. The summed E-state index contributed by atoms with van der Waals surface area (Å²) in [7, 11) is 0. The number of carbonyl (C=O) groups is 1. The molecule has 7 heteroatoms. The van der Waals surface area contributed by atoms with Gasteiger partial charge in [-0.05, 0) is 56.5 Å². The Kier molecular flexibility index (Phi) is 5.49. The fraction of sp³-hybridized carbons (Fsp3) is 0.200. The Morgan fingerprint density at radius 2 is 1.81 bits per heavy atom. The lowest BCUT2D eigenvalue weighted by molar-refractivity contribution is -0.112. The zero-order valence-electron chi connectivity index (χ0n) is 15.5. The van der Waals surface area contributed by atoms with Gasteiger partial charge in [0.1, 0.15) is 11.6 Å². The van der Waals surface area contributed by atoms with Crippen molar-refractivity contribution in [1.29, 1.82) is 5.26 Å². The number of carbonyl (C=O) groups excluding carboxylic acids is 1. The molecule has 0 fully saturated rings. The third kappa shape index (κ3) is 4.30. The lowest BCUT2D eigenvalue weighted by Crippen LogP contribution is -2.13. The highest BCUT2D eigenvalue weighted by molar-refractivity contribution is 7.14. The fourth-order valence-electron chi connectivity index (χ4n) is 2.60. The van der Waals surface area contributed by atoms with Gasteiger partial charge in [-0.15, -0.1) is 22.7 Å². The van der Waals surface area contributed by atoms with Gasteiger partial charge in [-0.2, -0.15) is 5.26 Å². The summed E-state index contributed by atoms with van der Waals surface area (Å²) < 4.78 is 0. The number of rotatable bonds is 4. The molecular formula is C20H18N4OS2. The van der Waals surface area contributed by atoms with Crippen molar-refractivity contribution in [2.45, 2.75) is 27.7 Å². The van der Waals surface area contributed by atoms with Gasteiger partial charge in [0.05, 0.1) is 16.4 Å². The lowest BCUT2D eigenvalue weighted by atomic mass is 9.99. The molecule has 0 bridgehead atoms. The molecule has 3 aromatic rings. The molecule has 0 saturated heterocycles. The fourth-order valence-corrected chi connectivity index (χ4v) is 3.87. The Bertz CT molecular complexity index is 1090. The van der Waals surface area contributed by atoms with E-state index >= 15 is 0 Å². The van der Waals surface area contributed by atoms with E-state index in [0.717, 1.165) is 21.8 Å². The SMILES string of the molecule is Cc1nc(/C=C(\C#N)C(=O)Nc2nc(-c3cc(C)c(C)cc3C)cs2)cs1. The van der Waals surface area contributed by atoms with Crippen molar-refractivity contribution in [1.82, 2.24) is 9.97 Å². The molecule has 3 rings (SSSR count). The molecule has 1 N–H and O–H groups in total. The number of nitrogens with zero attached hydrogens (tertiary/aromatic N) is 3. The predicted octanol–water partition coefficient (Wildman–Crippen LogP) is 5.05. The van der Waals surface area contributed by atoms with E-state index < -0.39 is 5.91 Å². The van der Waals surface area contributed by atoms with E-state index in [-0.39, 0.29) is 5.57 Å². The highest BCUT2D eigenvalue weighted by atomic mass is 32.1. The van der Waals surface area contributed by atoms with Crippen molar-refractivity contribution >= 4 is 39.8 Å². The molecule has 5 nitrogen and oxygen atoms in total. The third-order valence-corrected chi connectivity index (χ3v) is 5.68. The molecule has 0 aliphatic heterocycles. The first kappa shape index (κ1) is 19.0. The molecule has 1 aromatic carbocycles. The largest absolute Gasteiger partial charge is 0.297 e. The van der Waals surface area contributed by atoms with Crippen LogP contribution >= 0.6 is 22.7 Å². The minimum Gasteiger partial charge on any atom is -0.297 e. The maximum Gasteiger partial charge on any atom is 0.268 e. The number of thiazole rings is 2. The number of aromatic nitrogens is 2. The van der Waals surface area contributed by atoms with E-state index in [1.807, 2.05) is 30.7 Å². The number of nitrogens with one attached hydrogen (secondary N) is 1. The number of nitriles is 1. The van der Waals surface area contributed by atoms with Gasteiger partial charge in [-0.3, -0.25) is 10.1 Å². The lowest BCUT2D eigenvalue weighted by Gasteiger charge is -2.07. The van der Waals surface area contributed by atoms with Gasteiger partial charge >= 0.3 is 0 Å². The van der Waals surface area contributed by atoms with Gasteiger partial charge in [0, 0.05) is 16.3 Å². The number of amides is 1. The standard InChI is InChI=1S/C20H18N4OS2/c1-11-5-13(3)17(6-12(11)2)18-10-27-20(23-18)24-19(25)15(8-21)7-16-9-26-14(4)22-16/h5-7,9-10H,1-4H3,(H,23,24,25)/b15-7+. The van der Waals surface area contributed by atoms with E-state index in [4.69, 9.17) is 0 Å². The second-order valence-electron chi connectivity index (χ2n) is 6.20. The summed E-state index contributed by atoms with van der Waals surface area (Å²) in [5.74, 6) is -0.485. The smallest absolute Gasteiger partial charge is 0.268 e. The van der Waals surface area contributed by atoms with Crippen LogP contribution in [0.3, 0.4) is 0 Å². The van der Waals surface area contributed by atoms with Crippen LogP contribution in [0.4, 0.5) is 5.13 Å². The third-order valence-electron chi connectivity index (χ3n) is 4.14. The van der Waals surface area contributed by atoms with Crippen molar-refractivity contribution < 1.29 is 4.79 Å². The van der Waals surface area contributed by atoms with Crippen molar-refractivity contribution in [2.24, 2.45) is 0 Å². The summed E-state index contributed by atoms with van der Waals surface area (Å²) in [6.45, 7) is 8.07. The molecular weight excluding hydrogens is 376 g/mol. The predicted molar refractivity (Wildman–Crippen MR) is 111 cm³/mol. The van der Waals surface area contributed by atoms with Crippen LogP contribution in [-0.4, -0.2) is 15.9 Å². The maximum atomic E-state index is 12.4. The number of anilines is 1. The van der Waals surface area contributed by atoms with E-state index in [9.17, 15) is 10.1 Å². The first-order chi connectivity index (χ1) is 12.9. The summed E-state index contributed by atoms with van der Waals surface area (Å²) in [6.07, 6.45) is 1.49. The summed E-state index contributed by atoms with van der Waals surface area (Å²) in [4.78, 5) is 21.2. The van der Waals surface area contributed by atoms with Gasteiger partial charge in [0.2, 0.25) is 0 Å². The zero-order valence-corrected chi connectivity index (χ0v) is 17.1. The van der Waals surface area contributed by atoms with E-state index in [2.05, 4.69) is 41.3 Å². The number of hydrogen-bond donors (Lipinski definition) is 1. The average molecular weight is 395 g/mol. The van der Waals surface area contributed by atoms with Crippen molar-refractivity contribution in [3.05, 3.63) is 55.9 Å². The molecule has 2 aromatic heterocycles. The van der Waals surface area contributed by atoms with Crippen LogP contribution in [-0.2, 0) is 4.79 Å². The molecule has 0 aliphatic rings. The van der Waals surface area contributed by atoms with Gasteiger partial charge < -0.3 is 0 Å². The van der Waals surface area contributed by atoms with E-state index in [1.165, 1.54) is 39.9 Å². The summed E-state index contributed by atoms with van der Waals surface area (Å²) in [5, 5.41) is 17.1. The zero-order chi connectivity index (χ0) is 19.6. The number of benzene rings is 1. The van der Waals surface area contributed by atoms with Crippen LogP contribution in [0.5, 0.6) is 0 Å². The van der Waals surface area contributed by atoms with Crippen LogP contribution in [0.15, 0.2) is 28.5 Å². The molecule has 0 saturated carbocycles. The minimum absolute atomic E-state index is 0.000545. The molecule has 0 aliphatic carbocycles. The molecule has 2 heterocycles. The number of hydrogen-bond acceptors (Lipinski definition) is 6. The van der Waals surface area contributed by atoms with E-state index in [0.29, 0.717) is 10.8 Å². The maximum absolute atomic E-state index is 12.4. The average Bonchev–Trinajstić information content (AvgIpc) is 3.24. The molecule has 0 spiro atoms. The van der Waals surface area contributed by atoms with Crippen molar-refractivity contribution in [2.75, 3.05) is 5.32 Å². The second kappa shape index (κ2) is 7.82. The van der Waals surface area contributed by atoms with Crippen LogP contribution < -0.4 is 5.32 Å². The van der Waals surface area contributed by atoms with Gasteiger partial charge in [0.15, 0.2) is 5.13 Å². The Hall–Kier alpha value is -2.82. The molecule has 0 unspecified atom stereocenters. The normalized spacial score (nSPS) is 11.3. The Labute approximate surface area is 166 Å². The molecule has 27 heavy (non-hydrogen) atoms.